The number of phosphoric ester groups is 1. The third kappa shape index (κ3) is 19.1. The Labute approximate surface area is 284 Å². The molecule has 0 aromatic carbocycles. The maximum absolute atomic E-state index is 12.6. The minimum Gasteiger partial charge on any atom is -0.462 e. The number of aliphatic hydroxyl groups is 5. The van der Waals surface area contributed by atoms with Gasteiger partial charge in [-0.2, -0.15) is 0 Å². The van der Waals surface area contributed by atoms with Crippen molar-refractivity contribution in [2.24, 2.45) is 0 Å². The van der Waals surface area contributed by atoms with Crippen molar-refractivity contribution in [2.75, 3.05) is 13.2 Å². The van der Waals surface area contributed by atoms with Gasteiger partial charge in [-0.3, -0.25) is 18.6 Å². The van der Waals surface area contributed by atoms with E-state index in [9.17, 15) is 44.6 Å². The van der Waals surface area contributed by atoms with Crippen LogP contribution >= 0.6 is 7.82 Å². The largest absolute Gasteiger partial charge is 0.472 e. The molecule has 6 N–H and O–H groups in total. The highest BCUT2D eigenvalue weighted by Crippen LogP contribution is 2.47. The van der Waals surface area contributed by atoms with Gasteiger partial charge in [0, 0.05) is 12.8 Å². The molecule has 0 heterocycles. The minimum absolute atomic E-state index is 0.0425. The van der Waals surface area contributed by atoms with E-state index in [2.05, 4.69) is 49.5 Å². The number of carbonyl (C=O) groups is 2. The predicted octanol–water partition coefficient (Wildman–Crippen LogP) is 4.10. The first-order valence-corrected chi connectivity index (χ1v) is 18.4. The fourth-order valence-electron chi connectivity index (χ4n) is 4.63. The van der Waals surface area contributed by atoms with Crippen LogP contribution in [0.2, 0.25) is 0 Å². The SMILES string of the molecule is CC/C=C\C/C=C\C/C=C\C/C=C\CCCCC(=O)OC(COC(=O)CCCCCC)COP(=O)(O)OC1C(O)C(O)C(O)C(O)C1O. The van der Waals surface area contributed by atoms with Gasteiger partial charge >= 0.3 is 19.8 Å². The van der Waals surface area contributed by atoms with E-state index in [-0.39, 0.29) is 12.8 Å². The molecular weight excluding hydrogens is 647 g/mol. The molecule has 14 heteroatoms. The monoisotopic (exact) mass is 704 g/mol. The third-order valence-corrected chi connectivity index (χ3v) is 8.42. The van der Waals surface area contributed by atoms with Crippen molar-refractivity contribution in [1.29, 1.82) is 0 Å². The fourth-order valence-corrected chi connectivity index (χ4v) is 5.60. The van der Waals surface area contributed by atoms with Gasteiger partial charge in [-0.25, -0.2) is 4.57 Å². The van der Waals surface area contributed by atoms with Gasteiger partial charge < -0.3 is 39.9 Å². The average molecular weight is 705 g/mol. The summed E-state index contributed by atoms with van der Waals surface area (Å²) in [6.07, 6.45) is 12.9. The number of carbonyl (C=O) groups excluding carboxylic acids is 2. The summed E-state index contributed by atoms with van der Waals surface area (Å²) in [4.78, 5) is 34.9. The van der Waals surface area contributed by atoms with Crippen LogP contribution < -0.4 is 0 Å². The second kappa shape index (κ2) is 25.7. The van der Waals surface area contributed by atoms with E-state index in [4.69, 9.17) is 18.5 Å². The molecule has 6 atom stereocenters. The molecule has 0 aliphatic heterocycles. The Morgan fingerprint density at radius 3 is 1.77 bits per heavy atom. The van der Waals surface area contributed by atoms with E-state index in [1.165, 1.54) is 0 Å². The van der Waals surface area contributed by atoms with E-state index in [0.717, 1.165) is 57.8 Å². The van der Waals surface area contributed by atoms with Gasteiger partial charge in [0.15, 0.2) is 6.10 Å². The summed E-state index contributed by atoms with van der Waals surface area (Å²) in [5.74, 6) is -1.18. The summed E-state index contributed by atoms with van der Waals surface area (Å²) in [7, 11) is -5.11. The van der Waals surface area contributed by atoms with Crippen LogP contribution in [0, 0.1) is 0 Å². The molecule has 0 bridgehead atoms. The molecule has 0 saturated heterocycles. The molecule has 1 rings (SSSR count). The third-order valence-electron chi connectivity index (χ3n) is 7.43. The number of phosphoric acid groups is 1. The topological polar surface area (TPSA) is 210 Å². The maximum atomic E-state index is 12.6. The molecule has 0 spiro atoms. The lowest BCUT2D eigenvalue weighted by molar-refractivity contribution is -0.220. The molecule has 1 aliphatic carbocycles. The first kappa shape index (κ1) is 43.8. The Morgan fingerprint density at radius 1 is 0.667 bits per heavy atom. The lowest BCUT2D eigenvalue weighted by atomic mass is 9.85. The smallest absolute Gasteiger partial charge is 0.462 e. The molecule has 0 radical (unpaired) electrons. The van der Waals surface area contributed by atoms with Crippen LogP contribution in [0.1, 0.15) is 97.3 Å². The molecule has 0 aromatic rings. The quantitative estimate of drug-likeness (QED) is 0.0343. The molecule has 6 unspecified atom stereocenters. The predicted molar refractivity (Wildman–Crippen MR) is 179 cm³/mol. The number of hydrogen-bond donors (Lipinski definition) is 6. The number of ether oxygens (including phenoxy) is 2. The summed E-state index contributed by atoms with van der Waals surface area (Å²) in [6, 6.07) is 0. The molecule has 1 fully saturated rings. The molecule has 0 aromatic heterocycles. The van der Waals surface area contributed by atoms with Crippen molar-refractivity contribution in [1.82, 2.24) is 0 Å². The zero-order valence-electron chi connectivity index (χ0n) is 28.3. The van der Waals surface area contributed by atoms with Crippen LogP contribution in [0.3, 0.4) is 0 Å². The van der Waals surface area contributed by atoms with Crippen LogP contribution in [0.4, 0.5) is 0 Å². The van der Waals surface area contributed by atoms with Crippen LogP contribution in [0.15, 0.2) is 48.6 Å². The van der Waals surface area contributed by atoms with Gasteiger partial charge in [0.2, 0.25) is 0 Å². The Morgan fingerprint density at radius 2 is 1.19 bits per heavy atom. The van der Waals surface area contributed by atoms with E-state index in [0.29, 0.717) is 12.8 Å². The van der Waals surface area contributed by atoms with Crippen LogP contribution in [0.5, 0.6) is 0 Å². The van der Waals surface area contributed by atoms with Crippen molar-refractivity contribution >= 4 is 19.8 Å². The lowest BCUT2D eigenvalue weighted by Crippen LogP contribution is -2.64. The van der Waals surface area contributed by atoms with E-state index >= 15 is 0 Å². The lowest BCUT2D eigenvalue weighted by Gasteiger charge is -2.41. The van der Waals surface area contributed by atoms with Gasteiger partial charge in [-0.05, 0) is 51.4 Å². The van der Waals surface area contributed by atoms with Gasteiger partial charge in [-0.1, -0.05) is 81.7 Å². The van der Waals surface area contributed by atoms with Crippen molar-refractivity contribution in [3.63, 3.8) is 0 Å². The number of hydrogen-bond acceptors (Lipinski definition) is 12. The van der Waals surface area contributed by atoms with Crippen molar-refractivity contribution < 1.29 is 63.1 Å². The Balaban J connectivity index is 2.57. The highest BCUT2D eigenvalue weighted by Gasteiger charge is 2.51. The molecule has 13 nitrogen and oxygen atoms in total. The Hall–Kier alpha value is -2.19. The average Bonchev–Trinajstić information content (AvgIpc) is 3.06. The molecule has 276 valence electrons. The van der Waals surface area contributed by atoms with E-state index < -0.39 is 75.7 Å². The van der Waals surface area contributed by atoms with Crippen LogP contribution in [-0.2, 0) is 32.7 Å². The van der Waals surface area contributed by atoms with Gasteiger partial charge in [0.1, 0.15) is 43.2 Å². The highest BCUT2D eigenvalue weighted by atomic mass is 31.2. The minimum atomic E-state index is -5.11. The van der Waals surface area contributed by atoms with Crippen LogP contribution in [-0.4, -0.2) is 98.3 Å². The standard InChI is InChI=1S/C34H57O13P/c1-3-5-7-9-10-11-12-13-14-15-16-17-18-19-21-23-28(36)46-26(24-44-27(35)22-20-8-6-4-2)25-45-48(42,43)47-34-32(40)30(38)29(37)31(39)33(34)41/h5,7,10-11,13-14,16-17,26,29-34,37-41H,3-4,6,8-9,12,15,18-25H2,1-2H3,(H,42,43)/b7-5-,11-10-,14-13-,17-16-. The normalized spacial score (nSPS) is 25.2. The summed E-state index contributed by atoms with van der Waals surface area (Å²) in [6.45, 7) is 2.93. The highest BCUT2D eigenvalue weighted by molar-refractivity contribution is 7.47. The zero-order valence-corrected chi connectivity index (χ0v) is 29.1. The van der Waals surface area contributed by atoms with E-state index in [1.807, 2.05) is 13.0 Å². The molecule has 0 amide bonds. The zero-order chi connectivity index (χ0) is 35.8. The fraction of sp³-hybridized carbons (Fsp3) is 0.706. The Bertz CT molecular complexity index is 1040. The number of rotatable bonds is 25. The number of aliphatic hydroxyl groups excluding tert-OH is 5. The van der Waals surface area contributed by atoms with Gasteiger partial charge in [0.05, 0.1) is 6.61 Å². The molecule has 1 aliphatic rings. The second-order valence-electron chi connectivity index (χ2n) is 11.6. The molecule has 48 heavy (non-hydrogen) atoms. The summed E-state index contributed by atoms with van der Waals surface area (Å²) >= 11 is 0. The second-order valence-corrected chi connectivity index (χ2v) is 13.0. The van der Waals surface area contributed by atoms with Gasteiger partial charge in [0.25, 0.3) is 0 Å². The maximum Gasteiger partial charge on any atom is 0.472 e. The van der Waals surface area contributed by atoms with Crippen molar-refractivity contribution in [3.8, 4) is 0 Å². The molecule has 1 saturated carbocycles. The summed E-state index contributed by atoms with van der Waals surface area (Å²) in [5.41, 5.74) is 0. The molecular formula is C34H57O13P. The first-order chi connectivity index (χ1) is 22.9. The van der Waals surface area contributed by atoms with Gasteiger partial charge in [-0.15, -0.1) is 0 Å². The Kier molecular flexibility index (Phi) is 23.5. The number of esters is 2. The first-order valence-electron chi connectivity index (χ1n) is 16.9. The van der Waals surface area contributed by atoms with E-state index in [1.54, 1.807) is 0 Å². The summed E-state index contributed by atoms with van der Waals surface area (Å²) in [5, 5.41) is 49.6. The summed E-state index contributed by atoms with van der Waals surface area (Å²) < 4.78 is 32.9. The number of unbranched alkanes of at least 4 members (excludes halogenated alkanes) is 5. The number of allylic oxidation sites excluding steroid dienone is 8. The van der Waals surface area contributed by atoms with Crippen LogP contribution in [0.25, 0.3) is 0 Å². The van der Waals surface area contributed by atoms with Crippen molar-refractivity contribution in [2.45, 2.75) is 140 Å². The van der Waals surface area contributed by atoms with Crippen molar-refractivity contribution in [3.05, 3.63) is 48.6 Å².